The molecule has 0 aromatic carbocycles. The Bertz CT molecular complexity index is 323. The van der Waals surface area contributed by atoms with Crippen LogP contribution in [0.5, 0.6) is 0 Å². The van der Waals surface area contributed by atoms with Gasteiger partial charge in [-0.25, -0.2) is 0 Å². The van der Waals surface area contributed by atoms with Gasteiger partial charge in [-0.05, 0) is 38.1 Å². The molecule has 0 aliphatic rings. The maximum atomic E-state index is 2.34. The first-order valence-electron chi connectivity index (χ1n) is 13.9. The van der Waals surface area contributed by atoms with E-state index in [-0.39, 0.29) is 0 Å². The minimum Gasteiger partial charge on any atom is -0.358 e. The molecule has 0 aliphatic carbocycles. The summed E-state index contributed by atoms with van der Waals surface area (Å²) in [5.41, 5.74) is 0. The molecule has 0 radical (unpaired) electrons. The van der Waals surface area contributed by atoms with Gasteiger partial charge in [0.1, 0.15) is 0 Å². The van der Waals surface area contributed by atoms with Crippen LogP contribution in [0.15, 0.2) is 24.6 Å². The van der Waals surface area contributed by atoms with Gasteiger partial charge >= 0.3 is 0 Å². The molecule has 0 aromatic rings. The monoisotopic (exact) mass is 419 g/mol. The largest absolute Gasteiger partial charge is 0.358 e. The molecule has 0 unspecified atom stereocenters. The second-order valence-electron chi connectivity index (χ2n) is 9.38. The summed E-state index contributed by atoms with van der Waals surface area (Å²) in [4.78, 5) is 2.21. The van der Waals surface area contributed by atoms with Crippen molar-refractivity contribution >= 4 is 0 Å². The lowest BCUT2D eigenvalue weighted by Gasteiger charge is -2.07. The van der Waals surface area contributed by atoms with Crippen molar-refractivity contribution < 1.29 is 0 Å². The van der Waals surface area contributed by atoms with Crippen molar-refractivity contribution in [2.45, 2.75) is 155 Å². The lowest BCUT2D eigenvalue weighted by Crippen LogP contribution is -1.99. The molecule has 0 aromatic heterocycles. The van der Waals surface area contributed by atoms with Gasteiger partial charge in [0.2, 0.25) is 0 Å². The maximum absolute atomic E-state index is 2.34. The molecule has 1 heteroatoms. The van der Waals surface area contributed by atoms with E-state index in [0.717, 1.165) is 0 Å². The predicted molar refractivity (Wildman–Crippen MR) is 139 cm³/mol. The Morgan fingerprint density at radius 1 is 0.400 bits per heavy atom. The molecule has 0 amide bonds. The van der Waals surface area contributed by atoms with Crippen LogP contribution in [0.25, 0.3) is 0 Å². The minimum absolute atomic E-state index is 1.23. The highest BCUT2D eigenvalue weighted by atomic mass is 15.0. The van der Waals surface area contributed by atoms with E-state index in [1.54, 1.807) is 0 Å². The van der Waals surface area contributed by atoms with Gasteiger partial charge in [0.05, 0.1) is 0 Å². The van der Waals surface area contributed by atoms with Crippen molar-refractivity contribution in [3.63, 3.8) is 0 Å². The Labute approximate surface area is 191 Å². The first kappa shape index (κ1) is 29.3. The fraction of sp³-hybridized carbons (Fsp3) is 0.862. The quantitative estimate of drug-likeness (QED) is 0.141. The van der Waals surface area contributed by atoms with Crippen molar-refractivity contribution in [2.75, 3.05) is 7.05 Å². The van der Waals surface area contributed by atoms with Crippen LogP contribution >= 0.6 is 0 Å². The molecular formula is C29H57N. The minimum atomic E-state index is 1.23. The summed E-state index contributed by atoms with van der Waals surface area (Å²) < 4.78 is 0. The highest BCUT2D eigenvalue weighted by Crippen LogP contribution is 2.12. The molecule has 0 aliphatic heterocycles. The summed E-state index contributed by atoms with van der Waals surface area (Å²) in [5.74, 6) is 0. The Kier molecular flexibility index (Phi) is 25.7. The first-order chi connectivity index (χ1) is 14.8. The van der Waals surface area contributed by atoms with Crippen LogP contribution in [-0.4, -0.2) is 11.9 Å². The lowest BCUT2D eigenvalue weighted by atomic mass is 10.1. The molecule has 0 atom stereocenters. The van der Waals surface area contributed by atoms with E-state index in [4.69, 9.17) is 0 Å². The Balaban J connectivity index is 3.31. The van der Waals surface area contributed by atoms with Crippen LogP contribution in [0.1, 0.15) is 155 Å². The average Bonchev–Trinajstić information content (AvgIpc) is 2.75. The van der Waals surface area contributed by atoms with Crippen LogP contribution in [0.3, 0.4) is 0 Å². The zero-order valence-electron chi connectivity index (χ0n) is 21.3. The number of allylic oxidation sites excluding steroid dienone is 2. The van der Waals surface area contributed by atoms with Gasteiger partial charge in [-0.15, -0.1) is 0 Å². The molecule has 0 spiro atoms. The van der Waals surface area contributed by atoms with E-state index < -0.39 is 0 Å². The van der Waals surface area contributed by atoms with Crippen molar-refractivity contribution in [3.8, 4) is 0 Å². The number of rotatable bonds is 24. The van der Waals surface area contributed by atoms with Crippen molar-refractivity contribution in [1.29, 1.82) is 0 Å². The molecule has 0 N–H and O–H groups in total. The van der Waals surface area contributed by atoms with Gasteiger partial charge in [-0.1, -0.05) is 142 Å². The smallest absolute Gasteiger partial charge is 0.0106 e. The zero-order valence-corrected chi connectivity index (χ0v) is 21.3. The summed E-state index contributed by atoms with van der Waals surface area (Å²) in [6.45, 7) is 4.59. The van der Waals surface area contributed by atoms with E-state index in [1.165, 1.54) is 141 Å². The normalized spacial score (nSPS) is 11.8. The molecule has 0 heterocycles. The summed E-state index contributed by atoms with van der Waals surface area (Å²) in [5, 5.41) is 0. The third-order valence-corrected chi connectivity index (χ3v) is 6.13. The molecule has 0 saturated carbocycles. The standard InChI is InChI=1S/C29H57N/c1-4-6-8-10-12-14-16-18-20-22-24-26-28-30(3)29-27-25-23-21-19-17-15-13-11-9-7-5-2/h26-29H,4-25H2,1-3H3/b28-26+,29-27+. The van der Waals surface area contributed by atoms with Gasteiger partial charge < -0.3 is 4.90 Å². The highest BCUT2D eigenvalue weighted by molar-refractivity contribution is 4.90. The van der Waals surface area contributed by atoms with E-state index in [2.05, 4.69) is 50.3 Å². The Morgan fingerprint density at radius 3 is 0.967 bits per heavy atom. The molecule has 30 heavy (non-hydrogen) atoms. The third kappa shape index (κ3) is 25.3. The van der Waals surface area contributed by atoms with Crippen molar-refractivity contribution in [3.05, 3.63) is 24.6 Å². The fourth-order valence-electron chi connectivity index (χ4n) is 4.03. The molecule has 0 fully saturated rings. The van der Waals surface area contributed by atoms with Gasteiger partial charge in [0, 0.05) is 7.05 Å². The van der Waals surface area contributed by atoms with Gasteiger partial charge in [-0.2, -0.15) is 0 Å². The number of nitrogens with zero attached hydrogens (tertiary/aromatic N) is 1. The molecular weight excluding hydrogens is 362 g/mol. The maximum Gasteiger partial charge on any atom is 0.0106 e. The number of hydrogen-bond donors (Lipinski definition) is 0. The highest BCUT2D eigenvalue weighted by Gasteiger charge is 1.93. The molecule has 0 rings (SSSR count). The van der Waals surface area contributed by atoms with Gasteiger partial charge in [-0.3, -0.25) is 0 Å². The third-order valence-electron chi connectivity index (χ3n) is 6.13. The van der Waals surface area contributed by atoms with E-state index in [0.29, 0.717) is 0 Å². The molecule has 0 bridgehead atoms. The first-order valence-corrected chi connectivity index (χ1v) is 13.9. The van der Waals surface area contributed by atoms with Crippen LogP contribution in [-0.2, 0) is 0 Å². The summed E-state index contributed by atoms with van der Waals surface area (Å²) >= 11 is 0. The van der Waals surface area contributed by atoms with Crippen LogP contribution in [0.2, 0.25) is 0 Å². The summed E-state index contributed by atoms with van der Waals surface area (Å²) in [6, 6.07) is 0. The lowest BCUT2D eigenvalue weighted by molar-refractivity contribution is 0.555. The second-order valence-corrected chi connectivity index (χ2v) is 9.38. The Hall–Kier alpha value is -0.720. The topological polar surface area (TPSA) is 3.24 Å². The van der Waals surface area contributed by atoms with Crippen LogP contribution < -0.4 is 0 Å². The van der Waals surface area contributed by atoms with Crippen LogP contribution in [0.4, 0.5) is 0 Å². The molecule has 0 saturated heterocycles. The average molecular weight is 420 g/mol. The van der Waals surface area contributed by atoms with Crippen LogP contribution in [0, 0.1) is 0 Å². The van der Waals surface area contributed by atoms with Crippen molar-refractivity contribution in [2.24, 2.45) is 0 Å². The van der Waals surface area contributed by atoms with E-state index in [9.17, 15) is 0 Å². The predicted octanol–water partition coefficient (Wildman–Crippen LogP) is 10.6. The van der Waals surface area contributed by atoms with Gasteiger partial charge in [0.25, 0.3) is 0 Å². The number of hydrogen-bond acceptors (Lipinski definition) is 1. The molecule has 1 nitrogen and oxygen atoms in total. The zero-order chi connectivity index (χ0) is 22.0. The fourth-order valence-corrected chi connectivity index (χ4v) is 4.03. The Morgan fingerprint density at radius 2 is 0.667 bits per heavy atom. The SMILES string of the molecule is CCCCCCCCCCCC/C=C/N(C)/C=C/CCCCCCCCCCCC. The summed E-state index contributed by atoms with van der Waals surface area (Å²) in [6.07, 6.45) is 40.0. The number of unbranched alkanes of at least 4 members (excludes halogenated alkanes) is 20. The van der Waals surface area contributed by atoms with E-state index in [1.807, 2.05) is 0 Å². The van der Waals surface area contributed by atoms with Gasteiger partial charge in [0.15, 0.2) is 0 Å². The van der Waals surface area contributed by atoms with Crippen molar-refractivity contribution in [1.82, 2.24) is 4.90 Å². The summed E-state index contributed by atoms with van der Waals surface area (Å²) in [7, 11) is 2.16. The van der Waals surface area contributed by atoms with E-state index >= 15 is 0 Å². The molecule has 178 valence electrons. The second kappa shape index (κ2) is 26.3.